The van der Waals surface area contributed by atoms with Crippen molar-refractivity contribution in [2.75, 3.05) is 10.2 Å². The fourth-order valence-corrected chi connectivity index (χ4v) is 2.54. The molecule has 0 saturated carbocycles. The standard InChI is InChI=1S/C17H12ClFN2O2/c1-10-5-4-6-11(9-10)20-15-14(18)16(22)21(17(15)23)13-8-3-2-7-12(13)19/h2-9,20H,1H3. The summed E-state index contributed by atoms with van der Waals surface area (Å²) in [4.78, 5) is 25.5. The van der Waals surface area contributed by atoms with E-state index < -0.39 is 17.6 Å². The molecule has 0 aliphatic carbocycles. The van der Waals surface area contributed by atoms with Crippen LogP contribution in [0.3, 0.4) is 0 Å². The second-order valence-corrected chi connectivity index (χ2v) is 5.46. The average molecular weight is 331 g/mol. The molecule has 0 unspecified atom stereocenters. The lowest BCUT2D eigenvalue weighted by Crippen LogP contribution is -2.33. The number of halogens is 2. The van der Waals surface area contributed by atoms with Crippen LogP contribution in [0.25, 0.3) is 0 Å². The van der Waals surface area contributed by atoms with Gasteiger partial charge >= 0.3 is 0 Å². The van der Waals surface area contributed by atoms with Gasteiger partial charge < -0.3 is 5.32 Å². The summed E-state index contributed by atoms with van der Waals surface area (Å²) in [6.45, 7) is 1.90. The van der Waals surface area contributed by atoms with Crippen LogP contribution < -0.4 is 10.2 Å². The summed E-state index contributed by atoms with van der Waals surface area (Å²) in [7, 11) is 0. The molecule has 2 aromatic rings. The number of amides is 2. The fraction of sp³-hybridized carbons (Fsp3) is 0.0588. The SMILES string of the molecule is Cc1cccc(NC2=C(Cl)C(=O)N(c3ccccc3F)C2=O)c1. The molecule has 23 heavy (non-hydrogen) atoms. The van der Waals surface area contributed by atoms with E-state index in [-0.39, 0.29) is 16.4 Å². The average Bonchev–Trinajstić information content (AvgIpc) is 2.72. The molecular formula is C17H12ClFN2O2. The Balaban J connectivity index is 1.95. The lowest BCUT2D eigenvalue weighted by molar-refractivity contribution is -0.120. The maximum absolute atomic E-state index is 13.9. The number of benzene rings is 2. The number of para-hydroxylation sites is 1. The molecule has 1 aliphatic rings. The predicted molar refractivity (Wildman–Crippen MR) is 86.6 cm³/mol. The third kappa shape index (κ3) is 2.71. The minimum atomic E-state index is -0.753. The van der Waals surface area contributed by atoms with Gasteiger partial charge in [-0.1, -0.05) is 35.9 Å². The smallest absolute Gasteiger partial charge is 0.283 e. The minimum absolute atomic E-state index is 0.0643. The zero-order valence-corrected chi connectivity index (χ0v) is 12.9. The highest BCUT2D eigenvalue weighted by Crippen LogP contribution is 2.31. The van der Waals surface area contributed by atoms with E-state index in [1.807, 2.05) is 19.1 Å². The van der Waals surface area contributed by atoms with Crippen molar-refractivity contribution in [2.45, 2.75) is 6.92 Å². The topological polar surface area (TPSA) is 49.4 Å². The van der Waals surface area contributed by atoms with E-state index in [0.717, 1.165) is 10.5 Å². The zero-order chi connectivity index (χ0) is 16.6. The molecule has 1 N–H and O–H groups in total. The number of carbonyl (C=O) groups excluding carboxylic acids is 2. The normalized spacial score (nSPS) is 14.7. The molecule has 2 amide bonds. The number of aryl methyl sites for hydroxylation is 1. The molecule has 116 valence electrons. The monoisotopic (exact) mass is 330 g/mol. The first-order chi connectivity index (χ1) is 11.0. The Morgan fingerprint density at radius 1 is 1.04 bits per heavy atom. The summed E-state index contributed by atoms with van der Waals surface area (Å²) in [5.74, 6) is -2.11. The minimum Gasteiger partial charge on any atom is -0.350 e. The van der Waals surface area contributed by atoms with Crippen LogP contribution in [0, 0.1) is 12.7 Å². The molecule has 1 heterocycles. The van der Waals surface area contributed by atoms with E-state index in [4.69, 9.17) is 11.6 Å². The van der Waals surface area contributed by atoms with Gasteiger partial charge in [-0.2, -0.15) is 0 Å². The Kier molecular flexibility index (Phi) is 3.88. The highest BCUT2D eigenvalue weighted by Gasteiger charge is 2.40. The molecule has 2 aromatic carbocycles. The van der Waals surface area contributed by atoms with Crippen LogP contribution in [0.4, 0.5) is 15.8 Å². The lowest BCUT2D eigenvalue weighted by atomic mass is 10.2. The molecule has 6 heteroatoms. The number of carbonyl (C=O) groups is 2. The first kappa shape index (κ1) is 15.2. The maximum Gasteiger partial charge on any atom is 0.283 e. The van der Waals surface area contributed by atoms with Gasteiger partial charge in [-0.15, -0.1) is 0 Å². The summed E-state index contributed by atoms with van der Waals surface area (Å²) < 4.78 is 13.9. The van der Waals surface area contributed by atoms with Crippen LogP contribution in [0.5, 0.6) is 0 Å². The molecule has 0 saturated heterocycles. The van der Waals surface area contributed by atoms with E-state index in [1.165, 1.54) is 18.2 Å². The Bertz CT molecular complexity index is 848. The van der Waals surface area contributed by atoms with Crippen molar-refractivity contribution in [1.82, 2.24) is 0 Å². The molecule has 3 rings (SSSR count). The summed E-state index contributed by atoms with van der Waals surface area (Å²) >= 11 is 5.99. The second kappa shape index (κ2) is 5.85. The summed E-state index contributed by atoms with van der Waals surface area (Å²) in [6, 6.07) is 12.8. The molecule has 0 atom stereocenters. The number of anilines is 2. The van der Waals surface area contributed by atoms with Gasteiger partial charge in [-0.25, -0.2) is 9.29 Å². The third-order valence-corrected chi connectivity index (χ3v) is 3.76. The van der Waals surface area contributed by atoms with Crippen molar-refractivity contribution in [3.05, 3.63) is 70.6 Å². The Morgan fingerprint density at radius 2 is 1.78 bits per heavy atom. The van der Waals surface area contributed by atoms with Gasteiger partial charge in [-0.05, 0) is 36.8 Å². The molecule has 0 spiro atoms. The Hall–Kier alpha value is -2.66. The molecule has 0 aromatic heterocycles. The van der Waals surface area contributed by atoms with Gasteiger partial charge in [0.15, 0.2) is 0 Å². The summed E-state index contributed by atoms with van der Waals surface area (Å²) in [6.07, 6.45) is 0. The molecule has 4 nitrogen and oxygen atoms in total. The van der Waals surface area contributed by atoms with Crippen LogP contribution in [0.15, 0.2) is 59.3 Å². The Morgan fingerprint density at radius 3 is 2.48 bits per heavy atom. The number of hydrogen-bond donors (Lipinski definition) is 1. The van der Waals surface area contributed by atoms with Crippen molar-refractivity contribution in [3.8, 4) is 0 Å². The second-order valence-electron chi connectivity index (χ2n) is 5.08. The van der Waals surface area contributed by atoms with Crippen LogP contribution >= 0.6 is 11.6 Å². The predicted octanol–water partition coefficient (Wildman–Crippen LogP) is 3.57. The maximum atomic E-state index is 13.9. The van der Waals surface area contributed by atoms with Crippen molar-refractivity contribution in [1.29, 1.82) is 0 Å². The van der Waals surface area contributed by atoms with Crippen molar-refractivity contribution in [3.63, 3.8) is 0 Å². The molecule has 1 aliphatic heterocycles. The highest BCUT2D eigenvalue weighted by molar-refractivity contribution is 6.53. The fourth-order valence-electron chi connectivity index (χ4n) is 2.33. The molecular weight excluding hydrogens is 319 g/mol. The Labute approximate surface area is 137 Å². The molecule has 0 bridgehead atoms. The van der Waals surface area contributed by atoms with E-state index in [2.05, 4.69) is 5.32 Å². The van der Waals surface area contributed by atoms with Crippen molar-refractivity contribution < 1.29 is 14.0 Å². The van der Waals surface area contributed by atoms with E-state index in [0.29, 0.717) is 5.69 Å². The van der Waals surface area contributed by atoms with Crippen LogP contribution in [0.1, 0.15) is 5.56 Å². The number of nitrogens with zero attached hydrogens (tertiary/aromatic N) is 1. The quantitative estimate of drug-likeness (QED) is 0.875. The van der Waals surface area contributed by atoms with E-state index in [9.17, 15) is 14.0 Å². The van der Waals surface area contributed by atoms with Gasteiger partial charge in [0, 0.05) is 5.69 Å². The van der Waals surface area contributed by atoms with Crippen LogP contribution in [-0.4, -0.2) is 11.8 Å². The van der Waals surface area contributed by atoms with Gasteiger partial charge in [0.2, 0.25) is 0 Å². The molecule has 0 fully saturated rings. The van der Waals surface area contributed by atoms with Crippen molar-refractivity contribution >= 4 is 34.8 Å². The lowest BCUT2D eigenvalue weighted by Gasteiger charge is -2.15. The van der Waals surface area contributed by atoms with Crippen molar-refractivity contribution in [2.24, 2.45) is 0 Å². The summed E-state index contributed by atoms with van der Waals surface area (Å²) in [5, 5.41) is 2.58. The van der Waals surface area contributed by atoms with Crippen LogP contribution in [-0.2, 0) is 9.59 Å². The number of imide groups is 1. The third-order valence-electron chi connectivity index (χ3n) is 3.41. The van der Waals surface area contributed by atoms with Gasteiger partial charge in [-0.3, -0.25) is 9.59 Å². The highest BCUT2D eigenvalue weighted by atomic mass is 35.5. The zero-order valence-electron chi connectivity index (χ0n) is 12.1. The summed E-state index contributed by atoms with van der Waals surface area (Å²) in [5.41, 5.74) is 1.41. The molecule has 0 radical (unpaired) electrons. The first-order valence-corrected chi connectivity index (χ1v) is 7.23. The number of hydrogen-bond acceptors (Lipinski definition) is 3. The van der Waals surface area contributed by atoms with E-state index >= 15 is 0 Å². The number of rotatable bonds is 3. The van der Waals surface area contributed by atoms with Crippen LogP contribution in [0.2, 0.25) is 0 Å². The first-order valence-electron chi connectivity index (χ1n) is 6.86. The van der Waals surface area contributed by atoms with Gasteiger partial charge in [0.1, 0.15) is 16.5 Å². The van der Waals surface area contributed by atoms with E-state index in [1.54, 1.807) is 18.2 Å². The largest absolute Gasteiger partial charge is 0.350 e. The van der Waals surface area contributed by atoms with Gasteiger partial charge in [0.25, 0.3) is 11.8 Å². The van der Waals surface area contributed by atoms with Gasteiger partial charge in [0.05, 0.1) is 5.69 Å². The number of nitrogens with one attached hydrogen (secondary N) is 1.